The SMILES string of the molecule is CCCn1c(CC(=O)C(C)(C)N(C)C)nc2ccccc21. The van der Waals surface area contributed by atoms with Gasteiger partial charge in [-0.1, -0.05) is 19.1 Å². The first-order valence-corrected chi connectivity index (χ1v) is 7.52. The maximum Gasteiger partial charge on any atom is 0.159 e. The zero-order chi connectivity index (χ0) is 15.6. The number of hydrogen-bond acceptors (Lipinski definition) is 3. The lowest BCUT2D eigenvalue weighted by Crippen LogP contribution is -2.46. The number of nitrogens with zero attached hydrogens (tertiary/aromatic N) is 3. The number of aryl methyl sites for hydroxylation is 1. The van der Waals surface area contributed by atoms with Crippen molar-refractivity contribution < 1.29 is 4.79 Å². The highest BCUT2D eigenvalue weighted by Gasteiger charge is 2.30. The van der Waals surface area contributed by atoms with Crippen LogP contribution >= 0.6 is 0 Å². The minimum absolute atomic E-state index is 0.195. The molecule has 0 unspecified atom stereocenters. The van der Waals surface area contributed by atoms with Gasteiger partial charge in [-0.05, 0) is 46.5 Å². The third-order valence-electron chi connectivity index (χ3n) is 4.30. The molecule has 0 amide bonds. The number of para-hydroxylation sites is 2. The molecule has 0 bridgehead atoms. The first-order chi connectivity index (χ1) is 9.87. The monoisotopic (exact) mass is 287 g/mol. The van der Waals surface area contributed by atoms with Crippen molar-refractivity contribution in [2.45, 2.75) is 45.7 Å². The van der Waals surface area contributed by atoms with Crippen LogP contribution in [0, 0.1) is 0 Å². The van der Waals surface area contributed by atoms with E-state index in [0.29, 0.717) is 6.42 Å². The van der Waals surface area contributed by atoms with Crippen LogP contribution in [0.2, 0.25) is 0 Å². The van der Waals surface area contributed by atoms with E-state index in [1.165, 1.54) is 0 Å². The van der Waals surface area contributed by atoms with Gasteiger partial charge >= 0.3 is 0 Å². The minimum Gasteiger partial charge on any atom is -0.328 e. The van der Waals surface area contributed by atoms with Crippen molar-refractivity contribution in [3.8, 4) is 0 Å². The summed E-state index contributed by atoms with van der Waals surface area (Å²) < 4.78 is 2.18. The zero-order valence-electron chi connectivity index (χ0n) is 13.7. The Morgan fingerprint density at radius 2 is 1.95 bits per heavy atom. The van der Waals surface area contributed by atoms with Gasteiger partial charge in [0.15, 0.2) is 5.78 Å². The van der Waals surface area contributed by atoms with E-state index in [1.54, 1.807) is 0 Å². The highest BCUT2D eigenvalue weighted by Crippen LogP contribution is 2.20. The molecular weight excluding hydrogens is 262 g/mol. The lowest BCUT2D eigenvalue weighted by molar-refractivity contribution is -0.127. The van der Waals surface area contributed by atoms with Gasteiger partial charge in [0.25, 0.3) is 0 Å². The van der Waals surface area contributed by atoms with Crippen molar-refractivity contribution >= 4 is 16.8 Å². The molecule has 4 heteroatoms. The van der Waals surface area contributed by atoms with Crippen molar-refractivity contribution in [2.75, 3.05) is 14.1 Å². The predicted molar refractivity (Wildman–Crippen MR) is 86.5 cm³/mol. The maximum atomic E-state index is 12.6. The Bertz CT molecular complexity index is 641. The first-order valence-electron chi connectivity index (χ1n) is 7.52. The van der Waals surface area contributed by atoms with E-state index < -0.39 is 5.54 Å². The van der Waals surface area contributed by atoms with Crippen LogP contribution in [0.4, 0.5) is 0 Å². The third kappa shape index (κ3) is 3.00. The van der Waals surface area contributed by atoms with E-state index in [-0.39, 0.29) is 5.78 Å². The summed E-state index contributed by atoms with van der Waals surface area (Å²) in [6, 6.07) is 8.09. The van der Waals surface area contributed by atoms with Crippen LogP contribution in [0.25, 0.3) is 11.0 Å². The van der Waals surface area contributed by atoms with Gasteiger partial charge in [0.05, 0.1) is 23.0 Å². The van der Waals surface area contributed by atoms with Gasteiger partial charge in [0, 0.05) is 6.54 Å². The number of rotatable bonds is 6. The summed E-state index contributed by atoms with van der Waals surface area (Å²) in [5, 5.41) is 0. The first kappa shape index (κ1) is 15.7. The number of aromatic nitrogens is 2. The van der Waals surface area contributed by atoms with Crippen LogP contribution in [0.1, 0.15) is 33.0 Å². The normalized spacial score (nSPS) is 12.3. The Kier molecular flexibility index (Phi) is 4.47. The van der Waals surface area contributed by atoms with E-state index in [2.05, 4.69) is 22.5 Å². The van der Waals surface area contributed by atoms with Crippen LogP contribution in [0.3, 0.4) is 0 Å². The second kappa shape index (κ2) is 5.98. The van der Waals surface area contributed by atoms with Gasteiger partial charge in [-0.25, -0.2) is 4.98 Å². The van der Waals surface area contributed by atoms with Crippen molar-refractivity contribution in [1.82, 2.24) is 14.5 Å². The number of ketones is 1. The van der Waals surface area contributed by atoms with Crippen LogP contribution in [-0.2, 0) is 17.8 Å². The number of fused-ring (bicyclic) bond motifs is 1. The van der Waals surface area contributed by atoms with Crippen molar-refractivity contribution in [1.29, 1.82) is 0 Å². The number of carbonyl (C=O) groups excluding carboxylic acids is 1. The third-order valence-corrected chi connectivity index (χ3v) is 4.30. The summed E-state index contributed by atoms with van der Waals surface area (Å²) >= 11 is 0. The highest BCUT2D eigenvalue weighted by atomic mass is 16.1. The number of likely N-dealkylation sites (N-methyl/N-ethyl adjacent to an activating group) is 1. The van der Waals surface area contributed by atoms with E-state index in [4.69, 9.17) is 0 Å². The smallest absolute Gasteiger partial charge is 0.159 e. The van der Waals surface area contributed by atoms with Crippen LogP contribution in [0.15, 0.2) is 24.3 Å². The molecule has 114 valence electrons. The molecule has 0 N–H and O–H groups in total. The molecule has 2 aromatic rings. The minimum atomic E-state index is -0.477. The average molecular weight is 287 g/mol. The summed E-state index contributed by atoms with van der Waals surface area (Å²) in [7, 11) is 3.87. The number of hydrogen-bond donors (Lipinski definition) is 0. The summed E-state index contributed by atoms with van der Waals surface area (Å²) in [4.78, 5) is 19.2. The quantitative estimate of drug-likeness (QED) is 0.820. The molecule has 0 saturated carbocycles. The Balaban J connectivity index is 2.38. The molecule has 1 heterocycles. The summed E-state index contributed by atoms with van der Waals surface area (Å²) in [5.41, 5.74) is 1.61. The molecule has 0 saturated heterocycles. The fourth-order valence-electron chi connectivity index (χ4n) is 2.34. The predicted octanol–water partition coefficient (Wildman–Crippen LogP) is 2.90. The summed E-state index contributed by atoms with van der Waals surface area (Å²) in [5.74, 6) is 1.07. The molecule has 0 atom stereocenters. The van der Waals surface area contributed by atoms with Crippen molar-refractivity contribution in [3.63, 3.8) is 0 Å². The fraction of sp³-hybridized carbons (Fsp3) is 0.529. The number of carbonyl (C=O) groups is 1. The average Bonchev–Trinajstić information content (AvgIpc) is 2.77. The van der Waals surface area contributed by atoms with Gasteiger partial charge in [-0.2, -0.15) is 0 Å². The molecular formula is C17H25N3O. The molecule has 1 aromatic carbocycles. The van der Waals surface area contributed by atoms with Crippen LogP contribution < -0.4 is 0 Å². The van der Waals surface area contributed by atoms with Gasteiger partial charge < -0.3 is 4.57 Å². The highest BCUT2D eigenvalue weighted by molar-refractivity contribution is 5.89. The Labute approximate surface area is 126 Å². The standard InChI is InChI=1S/C17H25N3O/c1-6-11-20-14-10-8-7-9-13(14)18-16(20)12-15(21)17(2,3)19(4)5/h7-10H,6,11-12H2,1-5H3. The molecule has 0 aliphatic heterocycles. The number of Topliss-reactive ketones (excluding diaryl/α,β-unsaturated/α-hetero) is 1. The molecule has 0 fully saturated rings. The summed E-state index contributed by atoms with van der Waals surface area (Å²) in [6.45, 7) is 6.96. The fourth-order valence-corrected chi connectivity index (χ4v) is 2.34. The Hall–Kier alpha value is -1.68. The Morgan fingerprint density at radius 3 is 2.57 bits per heavy atom. The van der Waals surface area contributed by atoms with Crippen LogP contribution in [-0.4, -0.2) is 39.9 Å². The molecule has 0 spiro atoms. The van der Waals surface area contributed by atoms with E-state index in [1.807, 2.05) is 51.0 Å². The zero-order valence-corrected chi connectivity index (χ0v) is 13.7. The molecule has 1 aromatic heterocycles. The topological polar surface area (TPSA) is 38.1 Å². The van der Waals surface area contributed by atoms with Gasteiger partial charge in [0.1, 0.15) is 5.82 Å². The molecule has 4 nitrogen and oxygen atoms in total. The lowest BCUT2D eigenvalue weighted by atomic mass is 9.95. The second-order valence-electron chi connectivity index (χ2n) is 6.22. The van der Waals surface area contributed by atoms with Gasteiger partial charge in [0.2, 0.25) is 0 Å². The molecule has 21 heavy (non-hydrogen) atoms. The maximum absolute atomic E-state index is 12.6. The van der Waals surface area contributed by atoms with E-state index >= 15 is 0 Å². The summed E-state index contributed by atoms with van der Waals surface area (Å²) in [6.07, 6.45) is 1.40. The molecule has 0 aliphatic carbocycles. The lowest BCUT2D eigenvalue weighted by Gasteiger charge is -2.30. The molecule has 2 rings (SSSR count). The largest absolute Gasteiger partial charge is 0.328 e. The molecule has 0 aliphatic rings. The van der Waals surface area contributed by atoms with Crippen molar-refractivity contribution in [2.24, 2.45) is 0 Å². The number of imidazole rings is 1. The van der Waals surface area contributed by atoms with Crippen LogP contribution in [0.5, 0.6) is 0 Å². The van der Waals surface area contributed by atoms with Gasteiger partial charge in [-0.3, -0.25) is 9.69 Å². The van der Waals surface area contributed by atoms with E-state index in [9.17, 15) is 4.79 Å². The molecule has 0 radical (unpaired) electrons. The second-order valence-corrected chi connectivity index (χ2v) is 6.22. The van der Waals surface area contributed by atoms with Crippen molar-refractivity contribution in [3.05, 3.63) is 30.1 Å². The Morgan fingerprint density at radius 1 is 1.29 bits per heavy atom. The number of benzene rings is 1. The van der Waals surface area contributed by atoms with Gasteiger partial charge in [-0.15, -0.1) is 0 Å². The van der Waals surface area contributed by atoms with E-state index in [0.717, 1.165) is 29.8 Å².